The first-order chi connectivity index (χ1) is 10.2. The van der Waals surface area contributed by atoms with E-state index >= 15 is 0 Å². The fourth-order valence-electron chi connectivity index (χ4n) is 3.24. The van der Waals surface area contributed by atoms with Crippen LogP contribution >= 0.6 is 11.6 Å². The first kappa shape index (κ1) is 13.8. The molecule has 0 aromatic carbocycles. The molecule has 2 aliphatic carbocycles. The van der Waals surface area contributed by atoms with Crippen LogP contribution in [0.2, 0.25) is 5.15 Å². The summed E-state index contributed by atoms with van der Waals surface area (Å²) < 4.78 is 0. The Morgan fingerprint density at radius 3 is 2.71 bits per heavy atom. The van der Waals surface area contributed by atoms with Crippen molar-refractivity contribution in [2.24, 2.45) is 5.92 Å². The molecule has 1 aliphatic heterocycles. The standard InChI is InChI=1S/C16H23ClN4/c1-10-14(17)19-16(12-2-3-12)20-15(10)18-8-11-6-7-21(9-11)13-4-5-13/h11-13H,2-9H2,1H3,(H,18,19,20). The Balaban J connectivity index is 1.39. The van der Waals surface area contributed by atoms with Gasteiger partial charge in [-0.15, -0.1) is 0 Å². The van der Waals surface area contributed by atoms with Crippen LogP contribution in [-0.2, 0) is 0 Å². The lowest BCUT2D eigenvalue weighted by Gasteiger charge is -2.16. The van der Waals surface area contributed by atoms with E-state index in [1.807, 2.05) is 6.92 Å². The van der Waals surface area contributed by atoms with Gasteiger partial charge in [0.25, 0.3) is 0 Å². The Morgan fingerprint density at radius 2 is 2.00 bits per heavy atom. The van der Waals surface area contributed by atoms with E-state index in [1.165, 1.54) is 45.2 Å². The molecule has 4 rings (SSSR count). The molecule has 5 heteroatoms. The van der Waals surface area contributed by atoms with Gasteiger partial charge in [0.15, 0.2) is 0 Å². The van der Waals surface area contributed by atoms with Crippen molar-refractivity contribution in [2.75, 3.05) is 25.0 Å². The number of hydrogen-bond donors (Lipinski definition) is 1. The van der Waals surface area contributed by atoms with Gasteiger partial charge in [0.1, 0.15) is 16.8 Å². The molecular weight excluding hydrogens is 284 g/mol. The fourth-order valence-corrected chi connectivity index (χ4v) is 3.42. The molecule has 21 heavy (non-hydrogen) atoms. The maximum absolute atomic E-state index is 6.26. The van der Waals surface area contributed by atoms with Gasteiger partial charge in [-0.25, -0.2) is 9.97 Å². The van der Waals surface area contributed by atoms with E-state index in [0.717, 1.165) is 35.7 Å². The average Bonchev–Trinajstić information content (AvgIpc) is 3.38. The summed E-state index contributed by atoms with van der Waals surface area (Å²) in [6.45, 7) is 5.52. The molecule has 2 saturated carbocycles. The van der Waals surface area contributed by atoms with Crippen molar-refractivity contribution >= 4 is 17.4 Å². The summed E-state index contributed by atoms with van der Waals surface area (Å²) in [5.74, 6) is 3.16. The minimum atomic E-state index is 0.542. The molecule has 1 aromatic rings. The zero-order valence-corrected chi connectivity index (χ0v) is 13.4. The topological polar surface area (TPSA) is 41.1 Å². The van der Waals surface area contributed by atoms with Gasteiger partial charge in [0.2, 0.25) is 0 Å². The van der Waals surface area contributed by atoms with Crippen molar-refractivity contribution in [3.63, 3.8) is 0 Å². The third-order valence-electron chi connectivity index (χ3n) is 4.98. The number of likely N-dealkylation sites (tertiary alicyclic amines) is 1. The Labute approximate surface area is 131 Å². The lowest BCUT2D eigenvalue weighted by molar-refractivity contribution is 0.316. The molecule has 114 valence electrons. The minimum Gasteiger partial charge on any atom is -0.369 e. The molecule has 1 saturated heterocycles. The van der Waals surface area contributed by atoms with Gasteiger partial charge in [-0.3, -0.25) is 0 Å². The van der Waals surface area contributed by atoms with Gasteiger partial charge in [0, 0.05) is 30.6 Å². The van der Waals surface area contributed by atoms with Crippen molar-refractivity contribution in [3.05, 3.63) is 16.5 Å². The van der Waals surface area contributed by atoms with Gasteiger partial charge in [-0.05, 0) is 51.5 Å². The Bertz CT molecular complexity index is 539. The van der Waals surface area contributed by atoms with Crippen LogP contribution in [-0.4, -0.2) is 40.5 Å². The summed E-state index contributed by atoms with van der Waals surface area (Å²) in [5, 5.41) is 4.15. The molecule has 3 aliphatic rings. The highest BCUT2D eigenvalue weighted by molar-refractivity contribution is 6.30. The van der Waals surface area contributed by atoms with E-state index in [2.05, 4.69) is 15.2 Å². The molecule has 1 aromatic heterocycles. The van der Waals surface area contributed by atoms with E-state index in [-0.39, 0.29) is 0 Å². The molecule has 1 unspecified atom stereocenters. The Hall–Kier alpha value is -0.870. The summed E-state index contributed by atoms with van der Waals surface area (Å²) in [6, 6.07) is 0.895. The number of aromatic nitrogens is 2. The zero-order valence-electron chi connectivity index (χ0n) is 12.6. The van der Waals surface area contributed by atoms with Gasteiger partial charge in [-0.1, -0.05) is 11.6 Å². The third kappa shape index (κ3) is 3.02. The van der Waals surface area contributed by atoms with Gasteiger partial charge < -0.3 is 10.2 Å². The monoisotopic (exact) mass is 306 g/mol. The molecule has 2 heterocycles. The first-order valence-corrected chi connectivity index (χ1v) is 8.60. The second kappa shape index (κ2) is 5.40. The molecule has 0 amide bonds. The van der Waals surface area contributed by atoms with Crippen LogP contribution in [0.1, 0.15) is 49.4 Å². The minimum absolute atomic E-state index is 0.542. The fraction of sp³-hybridized carbons (Fsp3) is 0.750. The quantitative estimate of drug-likeness (QED) is 0.848. The smallest absolute Gasteiger partial charge is 0.137 e. The summed E-state index contributed by atoms with van der Waals surface area (Å²) in [6.07, 6.45) is 6.53. The molecular formula is C16H23ClN4. The number of nitrogens with one attached hydrogen (secondary N) is 1. The van der Waals surface area contributed by atoms with E-state index in [0.29, 0.717) is 11.1 Å². The Kier molecular flexibility index (Phi) is 3.54. The van der Waals surface area contributed by atoms with Crippen molar-refractivity contribution < 1.29 is 0 Å². The second-order valence-electron chi connectivity index (χ2n) is 6.88. The van der Waals surface area contributed by atoms with Crippen molar-refractivity contribution in [1.82, 2.24) is 14.9 Å². The van der Waals surface area contributed by atoms with Crippen LogP contribution in [0.5, 0.6) is 0 Å². The SMILES string of the molecule is Cc1c(Cl)nc(C2CC2)nc1NCC1CCN(C2CC2)C1. The van der Waals surface area contributed by atoms with Crippen LogP contribution in [0.15, 0.2) is 0 Å². The lowest BCUT2D eigenvalue weighted by Crippen LogP contribution is -2.25. The highest BCUT2D eigenvalue weighted by Crippen LogP contribution is 2.39. The third-order valence-corrected chi connectivity index (χ3v) is 5.35. The van der Waals surface area contributed by atoms with Crippen LogP contribution in [0, 0.1) is 12.8 Å². The average molecular weight is 307 g/mol. The zero-order chi connectivity index (χ0) is 14.4. The first-order valence-electron chi connectivity index (χ1n) is 8.22. The van der Waals surface area contributed by atoms with E-state index in [4.69, 9.17) is 16.6 Å². The van der Waals surface area contributed by atoms with E-state index in [1.54, 1.807) is 0 Å². The lowest BCUT2D eigenvalue weighted by atomic mass is 10.1. The summed E-state index contributed by atoms with van der Waals surface area (Å²) in [7, 11) is 0. The number of rotatable bonds is 5. The van der Waals surface area contributed by atoms with E-state index < -0.39 is 0 Å². The van der Waals surface area contributed by atoms with Gasteiger partial charge in [0.05, 0.1) is 0 Å². The number of halogens is 1. The predicted octanol–water partition coefficient (Wildman–Crippen LogP) is 3.21. The van der Waals surface area contributed by atoms with Crippen LogP contribution < -0.4 is 5.32 Å². The number of hydrogen-bond acceptors (Lipinski definition) is 4. The molecule has 1 atom stereocenters. The summed E-state index contributed by atoms with van der Waals surface area (Å²) in [5.41, 5.74) is 0.984. The van der Waals surface area contributed by atoms with Crippen LogP contribution in [0.3, 0.4) is 0 Å². The van der Waals surface area contributed by atoms with Gasteiger partial charge in [-0.2, -0.15) is 0 Å². The number of anilines is 1. The normalized spacial score (nSPS) is 26.3. The molecule has 3 fully saturated rings. The predicted molar refractivity (Wildman–Crippen MR) is 84.9 cm³/mol. The summed E-state index contributed by atoms with van der Waals surface area (Å²) in [4.78, 5) is 11.8. The van der Waals surface area contributed by atoms with Crippen LogP contribution in [0.4, 0.5) is 5.82 Å². The molecule has 1 N–H and O–H groups in total. The maximum atomic E-state index is 6.26. The summed E-state index contributed by atoms with van der Waals surface area (Å²) >= 11 is 6.26. The second-order valence-corrected chi connectivity index (χ2v) is 7.24. The molecule has 0 radical (unpaired) electrons. The highest BCUT2D eigenvalue weighted by atomic mass is 35.5. The Morgan fingerprint density at radius 1 is 1.19 bits per heavy atom. The molecule has 4 nitrogen and oxygen atoms in total. The highest BCUT2D eigenvalue weighted by Gasteiger charge is 2.34. The molecule has 0 spiro atoms. The van der Waals surface area contributed by atoms with Crippen molar-refractivity contribution in [2.45, 2.75) is 51.0 Å². The van der Waals surface area contributed by atoms with Crippen molar-refractivity contribution in [3.8, 4) is 0 Å². The van der Waals surface area contributed by atoms with E-state index in [9.17, 15) is 0 Å². The molecule has 0 bridgehead atoms. The van der Waals surface area contributed by atoms with Gasteiger partial charge >= 0.3 is 0 Å². The largest absolute Gasteiger partial charge is 0.369 e. The van der Waals surface area contributed by atoms with Crippen LogP contribution in [0.25, 0.3) is 0 Å². The number of nitrogens with zero attached hydrogens (tertiary/aromatic N) is 3. The van der Waals surface area contributed by atoms with Crippen molar-refractivity contribution in [1.29, 1.82) is 0 Å². The maximum Gasteiger partial charge on any atom is 0.137 e.